The van der Waals surface area contributed by atoms with E-state index >= 15 is 0 Å². The van der Waals surface area contributed by atoms with Gasteiger partial charge < -0.3 is 9.73 Å². The first-order valence-electron chi connectivity index (χ1n) is 6.99. The molecule has 0 aromatic carbocycles. The van der Waals surface area contributed by atoms with Crippen molar-refractivity contribution < 1.29 is 4.42 Å². The van der Waals surface area contributed by atoms with Gasteiger partial charge in [-0.25, -0.2) is 0 Å². The molecule has 2 aliphatic carbocycles. The fourth-order valence-corrected chi connectivity index (χ4v) is 3.54. The minimum absolute atomic E-state index is 0.460. The molecule has 1 heterocycles. The van der Waals surface area contributed by atoms with Gasteiger partial charge in [-0.3, -0.25) is 0 Å². The second-order valence-corrected chi connectivity index (χ2v) is 6.34. The number of aryl methyl sites for hydroxylation is 1. The molecule has 3 rings (SSSR count). The van der Waals surface area contributed by atoms with Crippen molar-refractivity contribution in [2.75, 3.05) is 0 Å². The van der Waals surface area contributed by atoms with E-state index in [2.05, 4.69) is 25.2 Å². The molecule has 94 valence electrons. The molecule has 1 aromatic heterocycles. The first-order valence-corrected chi connectivity index (χ1v) is 6.99. The molecule has 2 atom stereocenters. The highest BCUT2D eigenvalue weighted by molar-refractivity contribution is 5.24. The van der Waals surface area contributed by atoms with E-state index in [1.807, 2.05) is 6.26 Å². The molecule has 0 radical (unpaired) electrons. The molecular formula is C15H23NO. The van der Waals surface area contributed by atoms with Crippen LogP contribution in [0.5, 0.6) is 0 Å². The average molecular weight is 233 g/mol. The predicted octanol–water partition coefficient (Wildman–Crippen LogP) is 3.83. The van der Waals surface area contributed by atoms with Crippen molar-refractivity contribution >= 4 is 0 Å². The minimum Gasteiger partial charge on any atom is -0.469 e. The van der Waals surface area contributed by atoms with Gasteiger partial charge in [0, 0.05) is 24.1 Å². The van der Waals surface area contributed by atoms with Gasteiger partial charge in [-0.15, -0.1) is 0 Å². The zero-order chi connectivity index (χ0) is 11.9. The van der Waals surface area contributed by atoms with Gasteiger partial charge in [0.25, 0.3) is 0 Å². The monoisotopic (exact) mass is 233 g/mol. The lowest BCUT2D eigenvalue weighted by Crippen LogP contribution is -2.40. The number of hydrogen-bond donors (Lipinski definition) is 1. The first-order chi connectivity index (χ1) is 8.17. The van der Waals surface area contributed by atoms with Crippen LogP contribution >= 0.6 is 0 Å². The largest absolute Gasteiger partial charge is 0.469 e. The van der Waals surface area contributed by atoms with Crippen LogP contribution in [-0.4, -0.2) is 6.04 Å². The molecule has 17 heavy (non-hydrogen) atoms. The standard InChI is InChI=1S/C15H23NO/c1-15(2)9-4-7-14(15)16-12-5-3-6-13-11(12)8-10-17-13/h8,10,12,14,16H,3-7,9H2,1-2H3. The van der Waals surface area contributed by atoms with E-state index in [9.17, 15) is 0 Å². The van der Waals surface area contributed by atoms with E-state index in [-0.39, 0.29) is 0 Å². The van der Waals surface area contributed by atoms with E-state index < -0.39 is 0 Å². The fraction of sp³-hybridized carbons (Fsp3) is 0.733. The molecule has 1 N–H and O–H groups in total. The molecule has 2 aliphatic rings. The van der Waals surface area contributed by atoms with E-state index in [4.69, 9.17) is 4.42 Å². The first kappa shape index (κ1) is 11.3. The third-order valence-corrected chi connectivity index (χ3v) is 4.71. The van der Waals surface area contributed by atoms with Crippen LogP contribution in [0.25, 0.3) is 0 Å². The maximum Gasteiger partial charge on any atom is 0.108 e. The topological polar surface area (TPSA) is 25.2 Å². The molecule has 2 heteroatoms. The van der Waals surface area contributed by atoms with Gasteiger partial charge in [0.15, 0.2) is 0 Å². The lowest BCUT2D eigenvalue weighted by Gasteiger charge is -2.33. The fourth-order valence-electron chi connectivity index (χ4n) is 3.54. The van der Waals surface area contributed by atoms with Crippen LogP contribution in [-0.2, 0) is 6.42 Å². The Labute approximate surface area is 104 Å². The highest BCUT2D eigenvalue weighted by atomic mass is 16.3. The predicted molar refractivity (Wildman–Crippen MR) is 68.9 cm³/mol. The SMILES string of the molecule is CC1(C)CCCC1NC1CCCc2occc21. The van der Waals surface area contributed by atoms with Crippen molar-refractivity contribution in [1.29, 1.82) is 0 Å². The van der Waals surface area contributed by atoms with Crippen molar-refractivity contribution in [3.8, 4) is 0 Å². The quantitative estimate of drug-likeness (QED) is 0.840. The average Bonchev–Trinajstić information content (AvgIpc) is 2.86. The smallest absolute Gasteiger partial charge is 0.108 e. The Balaban J connectivity index is 1.75. The second kappa shape index (κ2) is 4.16. The molecule has 2 nitrogen and oxygen atoms in total. The third kappa shape index (κ3) is 2.03. The number of fused-ring (bicyclic) bond motifs is 1. The van der Waals surface area contributed by atoms with Crippen molar-refractivity contribution in [3.05, 3.63) is 23.7 Å². The minimum atomic E-state index is 0.460. The van der Waals surface area contributed by atoms with Crippen LogP contribution in [0.3, 0.4) is 0 Å². The molecule has 0 spiro atoms. The highest BCUT2D eigenvalue weighted by Gasteiger charge is 2.36. The molecule has 1 saturated carbocycles. The lowest BCUT2D eigenvalue weighted by atomic mass is 9.85. The van der Waals surface area contributed by atoms with Crippen molar-refractivity contribution in [2.45, 2.75) is 64.5 Å². The zero-order valence-electron chi connectivity index (χ0n) is 11.0. The summed E-state index contributed by atoms with van der Waals surface area (Å²) in [6.45, 7) is 4.80. The second-order valence-electron chi connectivity index (χ2n) is 6.34. The molecule has 0 aliphatic heterocycles. The van der Waals surface area contributed by atoms with E-state index in [0.29, 0.717) is 17.5 Å². The Kier molecular flexibility index (Phi) is 2.78. The Hall–Kier alpha value is -0.760. The molecular weight excluding hydrogens is 210 g/mol. The summed E-state index contributed by atoms with van der Waals surface area (Å²) in [5.74, 6) is 1.21. The van der Waals surface area contributed by atoms with Crippen LogP contribution in [0.1, 0.15) is 63.3 Å². The van der Waals surface area contributed by atoms with Crippen LogP contribution in [0.2, 0.25) is 0 Å². The van der Waals surface area contributed by atoms with Crippen LogP contribution in [0.4, 0.5) is 0 Å². The molecule has 0 saturated heterocycles. The summed E-state index contributed by atoms with van der Waals surface area (Å²) < 4.78 is 5.56. The Morgan fingerprint density at radius 3 is 2.94 bits per heavy atom. The molecule has 0 amide bonds. The summed E-state index contributed by atoms with van der Waals surface area (Å²) >= 11 is 0. The highest BCUT2D eigenvalue weighted by Crippen LogP contribution is 2.40. The summed E-state index contributed by atoms with van der Waals surface area (Å²) in [6, 6.07) is 3.36. The number of nitrogens with one attached hydrogen (secondary N) is 1. The van der Waals surface area contributed by atoms with Gasteiger partial charge in [-0.2, -0.15) is 0 Å². The Morgan fingerprint density at radius 1 is 1.29 bits per heavy atom. The normalized spacial score (nSPS) is 31.4. The van der Waals surface area contributed by atoms with Crippen LogP contribution in [0, 0.1) is 5.41 Å². The van der Waals surface area contributed by atoms with Gasteiger partial charge in [0.2, 0.25) is 0 Å². The lowest BCUT2D eigenvalue weighted by molar-refractivity contribution is 0.250. The van der Waals surface area contributed by atoms with Gasteiger partial charge in [0.1, 0.15) is 5.76 Å². The summed E-state index contributed by atoms with van der Waals surface area (Å²) in [5, 5.41) is 3.89. The van der Waals surface area contributed by atoms with Crippen molar-refractivity contribution in [1.82, 2.24) is 5.32 Å². The number of rotatable bonds is 2. The molecule has 0 bridgehead atoms. The summed E-state index contributed by atoms with van der Waals surface area (Å²) in [5.41, 5.74) is 1.88. The Bertz CT molecular complexity index is 393. The van der Waals surface area contributed by atoms with Crippen molar-refractivity contribution in [3.63, 3.8) is 0 Å². The summed E-state index contributed by atoms with van der Waals surface area (Å²) in [4.78, 5) is 0. The van der Waals surface area contributed by atoms with Crippen LogP contribution < -0.4 is 5.32 Å². The third-order valence-electron chi connectivity index (χ3n) is 4.71. The summed E-state index contributed by atoms with van der Waals surface area (Å²) in [7, 11) is 0. The van der Waals surface area contributed by atoms with E-state index in [1.165, 1.54) is 43.4 Å². The molecule has 1 fully saturated rings. The number of furan rings is 1. The molecule has 2 unspecified atom stereocenters. The van der Waals surface area contributed by atoms with Gasteiger partial charge in [0.05, 0.1) is 6.26 Å². The van der Waals surface area contributed by atoms with Crippen molar-refractivity contribution in [2.24, 2.45) is 5.41 Å². The maximum atomic E-state index is 5.56. The summed E-state index contributed by atoms with van der Waals surface area (Å²) in [6.07, 6.45) is 9.55. The van der Waals surface area contributed by atoms with E-state index in [0.717, 1.165) is 6.42 Å². The zero-order valence-corrected chi connectivity index (χ0v) is 11.0. The van der Waals surface area contributed by atoms with E-state index in [1.54, 1.807) is 0 Å². The molecule has 1 aromatic rings. The number of hydrogen-bond acceptors (Lipinski definition) is 2. The maximum absolute atomic E-state index is 5.56. The van der Waals surface area contributed by atoms with Gasteiger partial charge >= 0.3 is 0 Å². The van der Waals surface area contributed by atoms with Crippen LogP contribution in [0.15, 0.2) is 16.7 Å². The van der Waals surface area contributed by atoms with Gasteiger partial charge in [-0.05, 0) is 37.2 Å². The van der Waals surface area contributed by atoms with Gasteiger partial charge in [-0.1, -0.05) is 20.3 Å². The Morgan fingerprint density at radius 2 is 2.18 bits per heavy atom.